The molecule has 2 aromatic rings. The van der Waals surface area contributed by atoms with Crippen molar-refractivity contribution >= 4 is 23.4 Å². The molecule has 0 spiro atoms. The Hall–Kier alpha value is -1.80. The van der Waals surface area contributed by atoms with Gasteiger partial charge >= 0.3 is 0 Å². The summed E-state index contributed by atoms with van der Waals surface area (Å²) in [5.74, 6) is 6.57. The molecule has 2 rings (SSSR count). The zero-order valence-corrected chi connectivity index (χ0v) is 9.99. The number of aromatic nitrogens is 3. The number of hydrogen-bond donors (Lipinski definition) is 3. The molecule has 0 saturated heterocycles. The molecular weight excluding hydrogens is 240 g/mol. The summed E-state index contributed by atoms with van der Waals surface area (Å²) < 4.78 is 4.73. The molecule has 2 aromatic heterocycles. The third kappa shape index (κ3) is 3.08. The van der Waals surface area contributed by atoms with Crippen LogP contribution in [0.4, 0.5) is 11.6 Å². The summed E-state index contributed by atoms with van der Waals surface area (Å²) >= 11 is 1.44. The fraction of sp³-hybridized carbons (Fsp3) is 0.222. The first-order valence-corrected chi connectivity index (χ1v) is 6.07. The Kier molecular flexibility index (Phi) is 3.78. The molecule has 17 heavy (non-hydrogen) atoms. The van der Waals surface area contributed by atoms with E-state index in [0.29, 0.717) is 23.3 Å². The van der Waals surface area contributed by atoms with Crippen molar-refractivity contribution in [3.05, 3.63) is 24.1 Å². The van der Waals surface area contributed by atoms with E-state index in [0.717, 1.165) is 5.69 Å². The molecule has 0 aromatic carbocycles. The quantitative estimate of drug-likeness (QED) is 0.314. The van der Waals surface area contributed by atoms with E-state index in [1.807, 2.05) is 6.26 Å². The predicted molar refractivity (Wildman–Crippen MR) is 65.5 cm³/mol. The van der Waals surface area contributed by atoms with Crippen LogP contribution in [-0.4, -0.2) is 21.4 Å². The molecule has 0 radical (unpaired) electrons. The number of rotatable bonds is 5. The highest BCUT2D eigenvalue weighted by atomic mass is 32.2. The molecule has 4 N–H and O–H groups in total. The van der Waals surface area contributed by atoms with Crippen molar-refractivity contribution in [2.24, 2.45) is 5.84 Å². The summed E-state index contributed by atoms with van der Waals surface area (Å²) in [4.78, 5) is 8.44. The third-order valence-electron chi connectivity index (χ3n) is 1.98. The predicted octanol–water partition coefficient (Wildman–Crippen LogP) is 1.08. The highest BCUT2D eigenvalue weighted by Gasteiger charge is 2.03. The number of thioether (sulfide) groups is 1. The fourth-order valence-corrected chi connectivity index (χ4v) is 1.57. The van der Waals surface area contributed by atoms with E-state index in [1.165, 1.54) is 18.0 Å². The van der Waals surface area contributed by atoms with Crippen LogP contribution in [0.25, 0.3) is 0 Å². The molecule has 8 heteroatoms. The summed E-state index contributed by atoms with van der Waals surface area (Å²) in [6, 6.07) is 3.51. The van der Waals surface area contributed by atoms with Crippen molar-refractivity contribution in [2.75, 3.05) is 17.0 Å². The van der Waals surface area contributed by atoms with E-state index in [4.69, 9.17) is 10.4 Å². The van der Waals surface area contributed by atoms with Crippen LogP contribution in [0.1, 0.15) is 5.69 Å². The van der Waals surface area contributed by atoms with Gasteiger partial charge in [0.2, 0.25) is 0 Å². The zero-order valence-electron chi connectivity index (χ0n) is 9.17. The van der Waals surface area contributed by atoms with Crippen molar-refractivity contribution in [2.45, 2.75) is 11.7 Å². The number of hydrogen-bond acceptors (Lipinski definition) is 8. The van der Waals surface area contributed by atoms with Gasteiger partial charge in [0.25, 0.3) is 0 Å². The van der Waals surface area contributed by atoms with Crippen LogP contribution < -0.4 is 16.6 Å². The van der Waals surface area contributed by atoms with Crippen molar-refractivity contribution in [1.82, 2.24) is 15.1 Å². The highest BCUT2D eigenvalue weighted by Crippen LogP contribution is 2.16. The molecule has 0 atom stereocenters. The standard InChI is InChI=1S/C9H12N6OS/c1-17-9-12-7(4-8(13-9)14-10)11-5-6-2-3-16-15-6/h2-4H,5,10H2,1H3,(H2,11,12,13,14). The molecule has 0 amide bonds. The van der Waals surface area contributed by atoms with Crippen molar-refractivity contribution in [1.29, 1.82) is 0 Å². The van der Waals surface area contributed by atoms with E-state index < -0.39 is 0 Å². The van der Waals surface area contributed by atoms with Crippen LogP contribution in [0.3, 0.4) is 0 Å². The Labute approximate surface area is 102 Å². The number of nitrogens with one attached hydrogen (secondary N) is 2. The number of anilines is 2. The molecule has 0 unspecified atom stereocenters. The molecule has 0 bridgehead atoms. The van der Waals surface area contributed by atoms with Gasteiger partial charge in [0.15, 0.2) is 5.16 Å². The lowest BCUT2D eigenvalue weighted by molar-refractivity contribution is 0.412. The molecule has 2 heterocycles. The molecule has 0 fully saturated rings. The Bertz CT molecular complexity index is 452. The van der Waals surface area contributed by atoms with Crippen LogP contribution in [0.2, 0.25) is 0 Å². The average Bonchev–Trinajstić information content (AvgIpc) is 2.89. The first kappa shape index (κ1) is 11.7. The summed E-state index contributed by atoms with van der Waals surface area (Å²) in [5, 5.41) is 7.55. The van der Waals surface area contributed by atoms with Crippen LogP contribution >= 0.6 is 11.8 Å². The molecule has 0 aliphatic rings. The van der Waals surface area contributed by atoms with Crippen molar-refractivity contribution in [3.8, 4) is 0 Å². The fourth-order valence-electron chi connectivity index (χ4n) is 1.19. The maximum Gasteiger partial charge on any atom is 0.191 e. The Morgan fingerprint density at radius 2 is 2.24 bits per heavy atom. The lowest BCUT2D eigenvalue weighted by atomic mass is 10.4. The molecule has 0 saturated carbocycles. The van der Waals surface area contributed by atoms with Gasteiger partial charge < -0.3 is 15.3 Å². The number of nitrogens with zero attached hydrogens (tertiary/aromatic N) is 3. The molecular formula is C9H12N6OS. The highest BCUT2D eigenvalue weighted by molar-refractivity contribution is 7.98. The van der Waals surface area contributed by atoms with Crippen LogP contribution in [0.5, 0.6) is 0 Å². The number of nitrogens with two attached hydrogens (primary N) is 1. The largest absolute Gasteiger partial charge is 0.364 e. The first-order chi connectivity index (χ1) is 8.31. The second-order valence-electron chi connectivity index (χ2n) is 3.11. The lowest BCUT2D eigenvalue weighted by Crippen LogP contribution is -2.11. The maximum atomic E-state index is 5.33. The smallest absolute Gasteiger partial charge is 0.191 e. The normalized spacial score (nSPS) is 10.2. The van der Waals surface area contributed by atoms with E-state index in [9.17, 15) is 0 Å². The van der Waals surface area contributed by atoms with Gasteiger partial charge in [-0.15, -0.1) is 0 Å². The molecule has 0 aliphatic carbocycles. The van der Waals surface area contributed by atoms with Gasteiger partial charge in [-0.3, -0.25) is 0 Å². The molecule has 0 aliphatic heterocycles. The monoisotopic (exact) mass is 252 g/mol. The van der Waals surface area contributed by atoms with Crippen molar-refractivity contribution in [3.63, 3.8) is 0 Å². The first-order valence-electron chi connectivity index (χ1n) is 4.84. The number of hydrazine groups is 1. The van der Waals surface area contributed by atoms with Gasteiger partial charge in [-0.25, -0.2) is 15.8 Å². The summed E-state index contributed by atoms with van der Waals surface area (Å²) in [7, 11) is 0. The second-order valence-corrected chi connectivity index (χ2v) is 3.89. The van der Waals surface area contributed by atoms with Crippen molar-refractivity contribution < 1.29 is 4.52 Å². The summed E-state index contributed by atoms with van der Waals surface area (Å²) in [5.41, 5.74) is 3.30. The van der Waals surface area contributed by atoms with Gasteiger partial charge in [0.05, 0.1) is 6.54 Å². The van der Waals surface area contributed by atoms with E-state index in [2.05, 4.69) is 25.9 Å². The average molecular weight is 252 g/mol. The summed E-state index contributed by atoms with van der Waals surface area (Å²) in [6.07, 6.45) is 3.42. The minimum Gasteiger partial charge on any atom is -0.364 e. The number of nitrogen functional groups attached to an aromatic ring is 1. The van der Waals surface area contributed by atoms with Crippen LogP contribution in [-0.2, 0) is 6.54 Å². The van der Waals surface area contributed by atoms with E-state index >= 15 is 0 Å². The maximum absolute atomic E-state index is 5.33. The van der Waals surface area contributed by atoms with Gasteiger partial charge in [-0.05, 0) is 6.26 Å². The second kappa shape index (κ2) is 5.51. The van der Waals surface area contributed by atoms with Gasteiger partial charge in [0.1, 0.15) is 23.6 Å². The third-order valence-corrected chi connectivity index (χ3v) is 2.53. The van der Waals surface area contributed by atoms with E-state index in [1.54, 1.807) is 12.1 Å². The van der Waals surface area contributed by atoms with Crippen LogP contribution in [0, 0.1) is 0 Å². The van der Waals surface area contributed by atoms with Gasteiger partial charge in [-0.1, -0.05) is 16.9 Å². The lowest BCUT2D eigenvalue weighted by Gasteiger charge is -2.07. The topological polar surface area (TPSA) is 102 Å². The molecule has 7 nitrogen and oxygen atoms in total. The Balaban J connectivity index is 2.09. The molecule has 90 valence electrons. The Morgan fingerprint density at radius 1 is 1.41 bits per heavy atom. The Morgan fingerprint density at radius 3 is 2.88 bits per heavy atom. The SMILES string of the molecule is CSc1nc(NN)cc(NCc2ccon2)n1. The van der Waals surface area contributed by atoms with Crippen LogP contribution in [0.15, 0.2) is 28.1 Å². The minimum atomic E-state index is 0.533. The van der Waals surface area contributed by atoms with Gasteiger partial charge in [0, 0.05) is 12.1 Å². The van der Waals surface area contributed by atoms with Gasteiger partial charge in [-0.2, -0.15) is 0 Å². The summed E-state index contributed by atoms with van der Waals surface area (Å²) in [6.45, 7) is 0.533. The zero-order chi connectivity index (χ0) is 12.1. The minimum absolute atomic E-state index is 0.533. The van der Waals surface area contributed by atoms with E-state index in [-0.39, 0.29) is 0 Å².